The fourth-order valence-electron chi connectivity index (χ4n) is 5.44. The van der Waals surface area contributed by atoms with Crippen LogP contribution in [0.15, 0.2) is 42.5 Å². The second-order valence-corrected chi connectivity index (χ2v) is 8.67. The number of carboxylic acid groups (broad SMARTS) is 1. The van der Waals surface area contributed by atoms with Gasteiger partial charge < -0.3 is 19.9 Å². The van der Waals surface area contributed by atoms with Gasteiger partial charge in [-0.2, -0.15) is 0 Å². The van der Waals surface area contributed by atoms with E-state index in [2.05, 4.69) is 5.32 Å². The fourth-order valence-corrected chi connectivity index (χ4v) is 5.44. The molecular formula is C25H29NO5. The topological polar surface area (TPSA) is 84.9 Å². The molecule has 31 heavy (non-hydrogen) atoms. The molecule has 1 amide bonds. The van der Waals surface area contributed by atoms with Gasteiger partial charge in [-0.1, -0.05) is 12.1 Å². The zero-order valence-corrected chi connectivity index (χ0v) is 18.0. The van der Waals surface area contributed by atoms with E-state index in [4.69, 9.17) is 14.6 Å². The van der Waals surface area contributed by atoms with E-state index in [1.165, 1.54) is 6.42 Å². The number of hydrogen-bond acceptors (Lipinski definition) is 4. The Morgan fingerprint density at radius 3 is 2.23 bits per heavy atom. The number of carbonyl (C=O) groups excluding carboxylic acids is 1. The molecule has 0 spiro atoms. The average molecular weight is 424 g/mol. The molecule has 0 aromatic heterocycles. The molecule has 2 N–H and O–H groups in total. The molecule has 2 aromatic rings. The molecule has 2 fully saturated rings. The molecule has 2 aliphatic carbocycles. The van der Waals surface area contributed by atoms with Gasteiger partial charge in [-0.3, -0.25) is 4.79 Å². The molecule has 2 aliphatic rings. The van der Waals surface area contributed by atoms with Crippen molar-refractivity contribution in [2.75, 3.05) is 14.2 Å². The molecule has 6 heteroatoms. The van der Waals surface area contributed by atoms with E-state index < -0.39 is 5.97 Å². The summed E-state index contributed by atoms with van der Waals surface area (Å²) in [5, 5.41) is 12.1. The van der Waals surface area contributed by atoms with Crippen molar-refractivity contribution >= 4 is 11.9 Å². The van der Waals surface area contributed by atoms with Crippen LogP contribution in [0.2, 0.25) is 0 Å². The lowest BCUT2D eigenvalue weighted by molar-refractivity contribution is -0.128. The van der Waals surface area contributed by atoms with Crippen LogP contribution in [-0.2, 0) is 17.8 Å². The van der Waals surface area contributed by atoms with Gasteiger partial charge in [0.25, 0.3) is 0 Å². The third kappa shape index (κ3) is 4.53. The Bertz CT molecular complexity index is 933. The lowest BCUT2D eigenvalue weighted by Gasteiger charge is -2.30. The summed E-state index contributed by atoms with van der Waals surface area (Å²) in [5.41, 5.74) is 2.28. The number of hydrogen-bond donors (Lipinski definition) is 2. The van der Waals surface area contributed by atoms with Crippen molar-refractivity contribution in [1.29, 1.82) is 0 Å². The first-order valence-electron chi connectivity index (χ1n) is 10.8. The van der Waals surface area contributed by atoms with E-state index in [1.54, 1.807) is 38.5 Å². The van der Waals surface area contributed by atoms with E-state index in [1.807, 2.05) is 18.2 Å². The van der Waals surface area contributed by atoms with Crippen molar-refractivity contribution < 1.29 is 24.2 Å². The Morgan fingerprint density at radius 1 is 0.968 bits per heavy atom. The summed E-state index contributed by atoms with van der Waals surface area (Å²) < 4.78 is 10.8. The van der Waals surface area contributed by atoms with Gasteiger partial charge >= 0.3 is 5.97 Å². The Morgan fingerprint density at radius 2 is 1.61 bits per heavy atom. The van der Waals surface area contributed by atoms with Crippen LogP contribution in [0.5, 0.6) is 11.5 Å². The number of amides is 1. The normalized spacial score (nSPS) is 24.1. The lowest BCUT2D eigenvalue weighted by Crippen LogP contribution is -2.38. The number of carboxylic acids is 1. The Labute approximate surface area is 182 Å². The first-order chi connectivity index (χ1) is 15.0. The zero-order chi connectivity index (χ0) is 22.0. The summed E-state index contributed by atoms with van der Waals surface area (Å²) >= 11 is 0. The molecule has 0 aliphatic heterocycles. The molecule has 4 rings (SSSR count). The summed E-state index contributed by atoms with van der Waals surface area (Å²) in [6, 6.07) is 12.6. The number of carbonyl (C=O) groups is 2. The lowest BCUT2D eigenvalue weighted by atomic mass is 9.75. The highest BCUT2D eigenvalue weighted by Gasteiger charge is 2.50. The Kier molecular flexibility index (Phi) is 6.16. The molecule has 2 bridgehead atoms. The second-order valence-electron chi connectivity index (χ2n) is 8.67. The molecule has 4 unspecified atom stereocenters. The first kappa shape index (κ1) is 21.2. The number of aromatic carboxylic acids is 1. The second kappa shape index (κ2) is 9.00. The molecule has 0 radical (unpaired) electrons. The van der Waals surface area contributed by atoms with Crippen LogP contribution in [0.3, 0.4) is 0 Å². The highest BCUT2D eigenvalue weighted by molar-refractivity contribution is 5.87. The summed E-state index contributed by atoms with van der Waals surface area (Å²) in [5.74, 6) is 2.03. The summed E-state index contributed by atoms with van der Waals surface area (Å²) in [6.07, 6.45) is 4.27. The van der Waals surface area contributed by atoms with E-state index in [0.717, 1.165) is 41.9 Å². The predicted octanol–water partition coefficient (Wildman–Crippen LogP) is 3.92. The van der Waals surface area contributed by atoms with Gasteiger partial charge in [-0.15, -0.1) is 0 Å². The van der Waals surface area contributed by atoms with Gasteiger partial charge in [0.05, 0.1) is 19.8 Å². The highest BCUT2D eigenvalue weighted by atomic mass is 16.5. The van der Waals surface area contributed by atoms with E-state index in [0.29, 0.717) is 24.3 Å². The van der Waals surface area contributed by atoms with E-state index in [-0.39, 0.29) is 17.4 Å². The summed E-state index contributed by atoms with van der Waals surface area (Å²) in [4.78, 5) is 24.2. The highest BCUT2D eigenvalue weighted by Crippen LogP contribution is 2.53. The maximum absolute atomic E-state index is 13.2. The molecular weight excluding hydrogens is 394 g/mol. The van der Waals surface area contributed by atoms with Crippen molar-refractivity contribution in [3.8, 4) is 11.5 Å². The largest absolute Gasteiger partial charge is 0.497 e. The quantitative estimate of drug-likeness (QED) is 0.672. The van der Waals surface area contributed by atoms with Gasteiger partial charge in [0.15, 0.2) is 0 Å². The van der Waals surface area contributed by atoms with Crippen molar-refractivity contribution in [3.63, 3.8) is 0 Å². The average Bonchev–Trinajstić information content (AvgIpc) is 3.39. The van der Waals surface area contributed by atoms with Crippen LogP contribution >= 0.6 is 0 Å². The molecule has 4 atom stereocenters. The monoisotopic (exact) mass is 423 g/mol. The van der Waals surface area contributed by atoms with Crippen LogP contribution in [0.25, 0.3) is 0 Å². The molecule has 2 saturated carbocycles. The Balaban J connectivity index is 1.45. The zero-order valence-electron chi connectivity index (χ0n) is 18.0. The summed E-state index contributed by atoms with van der Waals surface area (Å²) in [7, 11) is 3.30. The number of benzene rings is 2. The van der Waals surface area contributed by atoms with Gasteiger partial charge in [0.1, 0.15) is 11.5 Å². The summed E-state index contributed by atoms with van der Waals surface area (Å²) in [6.45, 7) is 0.409. The molecule has 2 aromatic carbocycles. The minimum Gasteiger partial charge on any atom is -0.497 e. The standard InChI is InChI=1S/C25H29NO5/c1-30-20-9-16(10-21(13-20)31-2)11-22-18-7-8-19(12-18)23(22)24(27)26-14-15-3-5-17(6-4-15)25(28)29/h3-6,9-10,13,18-19,22-23H,7-8,11-12,14H2,1-2H3,(H,26,27)(H,28,29). The Hall–Kier alpha value is -3.02. The van der Waals surface area contributed by atoms with Crippen molar-refractivity contribution in [3.05, 3.63) is 59.2 Å². The molecule has 0 saturated heterocycles. The molecule has 6 nitrogen and oxygen atoms in total. The van der Waals surface area contributed by atoms with Crippen molar-refractivity contribution in [2.24, 2.45) is 23.7 Å². The van der Waals surface area contributed by atoms with Gasteiger partial charge in [0.2, 0.25) is 5.91 Å². The first-order valence-corrected chi connectivity index (χ1v) is 10.8. The SMILES string of the molecule is COc1cc(CC2C3CCC(C3)C2C(=O)NCc2ccc(C(=O)O)cc2)cc(OC)c1. The van der Waals surface area contributed by atoms with Crippen LogP contribution < -0.4 is 14.8 Å². The maximum atomic E-state index is 13.2. The maximum Gasteiger partial charge on any atom is 0.335 e. The molecule has 0 heterocycles. The fraction of sp³-hybridized carbons (Fsp3) is 0.440. The van der Waals surface area contributed by atoms with Gasteiger partial charge in [-0.25, -0.2) is 4.79 Å². The minimum absolute atomic E-state index is 0.00855. The van der Waals surface area contributed by atoms with Crippen molar-refractivity contribution in [1.82, 2.24) is 5.32 Å². The van der Waals surface area contributed by atoms with E-state index >= 15 is 0 Å². The number of fused-ring (bicyclic) bond motifs is 2. The third-order valence-electron chi connectivity index (χ3n) is 6.94. The predicted molar refractivity (Wildman–Crippen MR) is 116 cm³/mol. The smallest absolute Gasteiger partial charge is 0.335 e. The third-order valence-corrected chi connectivity index (χ3v) is 6.94. The van der Waals surface area contributed by atoms with Crippen LogP contribution in [-0.4, -0.2) is 31.2 Å². The number of nitrogens with one attached hydrogen (secondary N) is 1. The van der Waals surface area contributed by atoms with Crippen molar-refractivity contribution in [2.45, 2.75) is 32.2 Å². The minimum atomic E-state index is -0.949. The number of rotatable bonds is 8. The van der Waals surface area contributed by atoms with Gasteiger partial charge in [-0.05, 0) is 78.8 Å². The van der Waals surface area contributed by atoms with Crippen LogP contribution in [0.4, 0.5) is 0 Å². The molecule has 164 valence electrons. The van der Waals surface area contributed by atoms with Crippen LogP contribution in [0, 0.1) is 23.7 Å². The number of ether oxygens (including phenoxy) is 2. The van der Waals surface area contributed by atoms with Crippen LogP contribution in [0.1, 0.15) is 40.7 Å². The number of methoxy groups -OCH3 is 2. The van der Waals surface area contributed by atoms with Gasteiger partial charge in [0, 0.05) is 18.5 Å². The van der Waals surface area contributed by atoms with E-state index in [9.17, 15) is 9.59 Å².